The summed E-state index contributed by atoms with van der Waals surface area (Å²) in [5.74, 6) is 0.248. The third-order valence-electron chi connectivity index (χ3n) is 2.35. The van der Waals surface area contributed by atoms with E-state index < -0.39 is 0 Å². The number of aromatic hydroxyl groups is 1. The van der Waals surface area contributed by atoms with E-state index in [0.29, 0.717) is 0 Å². The van der Waals surface area contributed by atoms with Crippen molar-refractivity contribution in [2.24, 2.45) is 0 Å². The first-order valence-electron chi connectivity index (χ1n) is 4.48. The molecule has 2 N–H and O–H groups in total. The molecule has 0 spiro atoms. The van der Waals surface area contributed by atoms with E-state index in [1.807, 2.05) is 10.5 Å². The number of nitrogens with zero attached hydrogens (tertiary/aromatic N) is 2. The highest BCUT2D eigenvalue weighted by atomic mass is 32.1. The largest absolute Gasteiger partial charge is 0.508 e. The number of rotatable bonds is 1. The zero-order chi connectivity index (χ0) is 10.4. The van der Waals surface area contributed by atoms with Crippen LogP contribution in [0.25, 0.3) is 15.2 Å². The number of benzene rings is 1. The van der Waals surface area contributed by atoms with Crippen molar-refractivity contribution in [1.29, 1.82) is 0 Å². The fraction of sp³-hybridized carbons (Fsp3) is 0.100. The minimum absolute atomic E-state index is 0.0339. The number of aliphatic hydroxyl groups is 1. The second-order valence-corrected chi connectivity index (χ2v) is 4.29. The maximum absolute atomic E-state index is 9.35. The summed E-state index contributed by atoms with van der Waals surface area (Å²) < 4.78 is 2.87. The highest BCUT2D eigenvalue weighted by Gasteiger charge is 2.09. The van der Waals surface area contributed by atoms with E-state index in [1.165, 1.54) is 11.3 Å². The molecule has 4 nitrogen and oxygen atoms in total. The summed E-state index contributed by atoms with van der Waals surface area (Å²) in [6, 6.07) is 5.17. The lowest BCUT2D eigenvalue weighted by Crippen LogP contribution is -1.89. The molecule has 0 aliphatic carbocycles. The molecule has 0 saturated carbocycles. The van der Waals surface area contributed by atoms with Gasteiger partial charge in [-0.15, -0.1) is 0 Å². The fourth-order valence-electron chi connectivity index (χ4n) is 1.68. The molecular weight excluding hydrogens is 212 g/mol. The Kier molecular flexibility index (Phi) is 1.71. The molecule has 2 heterocycles. The predicted octanol–water partition coefficient (Wildman–Crippen LogP) is 1.75. The van der Waals surface area contributed by atoms with Crippen LogP contribution in [0.1, 0.15) is 5.69 Å². The van der Waals surface area contributed by atoms with Gasteiger partial charge in [-0.25, -0.2) is 4.98 Å². The number of phenolic OH excluding ortho intramolecular Hbond substituents is 1. The molecule has 0 unspecified atom stereocenters. The lowest BCUT2D eigenvalue weighted by Gasteiger charge is -1.96. The van der Waals surface area contributed by atoms with Gasteiger partial charge in [-0.05, 0) is 18.2 Å². The maximum atomic E-state index is 9.35. The topological polar surface area (TPSA) is 57.8 Å². The number of phenols is 1. The molecule has 0 atom stereocenters. The van der Waals surface area contributed by atoms with Gasteiger partial charge in [0.05, 0.1) is 28.7 Å². The average molecular weight is 220 g/mol. The van der Waals surface area contributed by atoms with Crippen LogP contribution in [-0.4, -0.2) is 19.6 Å². The first-order valence-corrected chi connectivity index (χ1v) is 5.30. The van der Waals surface area contributed by atoms with Gasteiger partial charge >= 0.3 is 0 Å². The summed E-state index contributed by atoms with van der Waals surface area (Å²) in [4.78, 5) is 5.03. The molecule has 3 rings (SSSR count). The number of aromatic nitrogens is 2. The van der Waals surface area contributed by atoms with E-state index in [0.717, 1.165) is 20.9 Å². The number of hydrogen-bond donors (Lipinski definition) is 2. The highest BCUT2D eigenvalue weighted by Crippen LogP contribution is 2.29. The van der Waals surface area contributed by atoms with Crippen molar-refractivity contribution in [3.8, 4) is 5.75 Å². The number of thiazole rings is 1. The van der Waals surface area contributed by atoms with Gasteiger partial charge < -0.3 is 10.2 Å². The second-order valence-electron chi connectivity index (χ2n) is 3.28. The van der Waals surface area contributed by atoms with E-state index in [-0.39, 0.29) is 12.4 Å². The third-order valence-corrected chi connectivity index (χ3v) is 3.37. The van der Waals surface area contributed by atoms with Gasteiger partial charge in [0, 0.05) is 0 Å². The molecule has 2 aromatic heterocycles. The van der Waals surface area contributed by atoms with Gasteiger partial charge in [-0.2, -0.15) is 0 Å². The maximum Gasteiger partial charge on any atom is 0.194 e. The van der Waals surface area contributed by atoms with E-state index in [2.05, 4.69) is 4.98 Å². The van der Waals surface area contributed by atoms with Gasteiger partial charge in [0.1, 0.15) is 5.75 Å². The van der Waals surface area contributed by atoms with Crippen molar-refractivity contribution in [1.82, 2.24) is 9.38 Å². The van der Waals surface area contributed by atoms with Crippen molar-refractivity contribution in [2.45, 2.75) is 6.61 Å². The summed E-state index contributed by atoms with van der Waals surface area (Å²) in [5, 5.41) is 18.5. The van der Waals surface area contributed by atoms with Crippen molar-refractivity contribution in [2.75, 3.05) is 0 Å². The fourth-order valence-corrected chi connectivity index (χ4v) is 2.73. The Labute approximate surface area is 89.0 Å². The van der Waals surface area contributed by atoms with Gasteiger partial charge in [0.2, 0.25) is 0 Å². The minimum Gasteiger partial charge on any atom is -0.508 e. The summed E-state index contributed by atoms with van der Waals surface area (Å²) in [6.45, 7) is -0.0339. The first-order chi connectivity index (χ1) is 7.29. The van der Waals surface area contributed by atoms with Crippen molar-refractivity contribution >= 4 is 26.5 Å². The van der Waals surface area contributed by atoms with Gasteiger partial charge in [-0.1, -0.05) is 11.3 Å². The Morgan fingerprint density at radius 3 is 3.07 bits per heavy atom. The van der Waals surface area contributed by atoms with Crippen LogP contribution in [0.4, 0.5) is 0 Å². The van der Waals surface area contributed by atoms with E-state index in [4.69, 9.17) is 5.11 Å². The number of fused-ring (bicyclic) bond motifs is 3. The summed E-state index contributed by atoms with van der Waals surface area (Å²) in [6.07, 6.45) is 1.66. The summed E-state index contributed by atoms with van der Waals surface area (Å²) in [5.41, 5.74) is 1.73. The Bertz CT molecular complexity index is 641. The number of imidazole rings is 1. The standard InChI is InChI=1S/C10H8N2O2S/c13-5-6-4-11-10-12(6)8-2-1-7(14)3-9(8)15-10/h1-4,13-14H,5H2. The van der Waals surface area contributed by atoms with E-state index in [9.17, 15) is 5.11 Å². The molecule has 0 amide bonds. The molecule has 5 heteroatoms. The Hall–Kier alpha value is -1.59. The smallest absolute Gasteiger partial charge is 0.194 e. The third kappa shape index (κ3) is 1.14. The lowest BCUT2D eigenvalue weighted by atomic mass is 10.3. The van der Waals surface area contributed by atoms with E-state index in [1.54, 1.807) is 18.3 Å². The van der Waals surface area contributed by atoms with E-state index >= 15 is 0 Å². The van der Waals surface area contributed by atoms with Crippen LogP contribution in [-0.2, 0) is 6.61 Å². The Balaban J connectivity index is 2.49. The van der Waals surface area contributed by atoms with Crippen LogP contribution < -0.4 is 0 Å². The quantitative estimate of drug-likeness (QED) is 0.656. The SMILES string of the molecule is OCc1cnc2sc3cc(O)ccc3n12. The second kappa shape index (κ2) is 2.95. The molecule has 1 aromatic carbocycles. The van der Waals surface area contributed by atoms with Crippen LogP contribution in [0.5, 0.6) is 5.75 Å². The molecule has 0 aliphatic heterocycles. The van der Waals surface area contributed by atoms with Crippen LogP contribution >= 0.6 is 11.3 Å². The Morgan fingerprint density at radius 2 is 2.27 bits per heavy atom. The van der Waals surface area contributed by atoms with Gasteiger partial charge in [0.25, 0.3) is 0 Å². The highest BCUT2D eigenvalue weighted by molar-refractivity contribution is 7.23. The number of hydrogen-bond acceptors (Lipinski definition) is 4. The summed E-state index contributed by atoms with van der Waals surface area (Å²) >= 11 is 1.49. The normalized spacial score (nSPS) is 11.5. The molecule has 0 bridgehead atoms. The molecule has 3 aromatic rings. The monoisotopic (exact) mass is 220 g/mol. The predicted molar refractivity (Wildman–Crippen MR) is 58.2 cm³/mol. The first kappa shape index (κ1) is 8.70. The molecule has 0 radical (unpaired) electrons. The minimum atomic E-state index is -0.0339. The number of aliphatic hydroxyl groups excluding tert-OH is 1. The van der Waals surface area contributed by atoms with Crippen LogP contribution in [0.15, 0.2) is 24.4 Å². The zero-order valence-corrected chi connectivity index (χ0v) is 8.53. The van der Waals surface area contributed by atoms with Crippen LogP contribution in [0, 0.1) is 0 Å². The zero-order valence-electron chi connectivity index (χ0n) is 7.71. The van der Waals surface area contributed by atoms with Crippen molar-refractivity contribution in [3.63, 3.8) is 0 Å². The summed E-state index contributed by atoms with van der Waals surface area (Å²) in [7, 11) is 0. The van der Waals surface area contributed by atoms with Crippen LogP contribution in [0.2, 0.25) is 0 Å². The van der Waals surface area contributed by atoms with Crippen molar-refractivity contribution < 1.29 is 10.2 Å². The molecule has 76 valence electrons. The van der Waals surface area contributed by atoms with Crippen LogP contribution in [0.3, 0.4) is 0 Å². The lowest BCUT2D eigenvalue weighted by molar-refractivity contribution is 0.276. The van der Waals surface area contributed by atoms with Gasteiger partial charge in [-0.3, -0.25) is 4.40 Å². The molecular formula is C10H8N2O2S. The molecule has 0 fully saturated rings. The molecule has 15 heavy (non-hydrogen) atoms. The molecule has 0 aliphatic rings. The molecule has 0 saturated heterocycles. The average Bonchev–Trinajstić information content (AvgIpc) is 2.74. The van der Waals surface area contributed by atoms with Gasteiger partial charge in [0.15, 0.2) is 4.96 Å². The Morgan fingerprint density at radius 1 is 1.40 bits per heavy atom. The van der Waals surface area contributed by atoms with Crippen molar-refractivity contribution in [3.05, 3.63) is 30.1 Å².